The smallest absolute Gasteiger partial charge is 0.394 e. The molecule has 0 aromatic carbocycles. The predicted octanol–water partition coefficient (Wildman–Crippen LogP) is 2.43. The molecule has 2 N–H and O–H groups in total. The number of hydrogen-bond acceptors (Lipinski definition) is 3. The van der Waals surface area contributed by atoms with E-state index in [4.69, 9.17) is 0 Å². The lowest BCUT2D eigenvalue weighted by Gasteiger charge is -2.35. The van der Waals surface area contributed by atoms with Crippen molar-refractivity contribution < 1.29 is 18.3 Å². The van der Waals surface area contributed by atoms with Gasteiger partial charge < -0.3 is 10.4 Å². The fourth-order valence-electron chi connectivity index (χ4n) is 3.34. The van der Waals surface area contributed by atoms with Crippen molar-refractivity contribution in [3.05, 3.63) is 18.0 Å². The lowest BCUT2D eigenvalue weighted by molar-refractivity contribution is -0.141. The van der Waals surface area contributed by atoms with Gasteiger partial charge in [-0.25, -0.2) is 0 Å². The third-order valence-corrected chi connectivity index (χ3v) is 4.41. The van der Waals surface area contributed by atoms with Crippen LogP contribution in [0.5, 0.6) is 0 Å². The first-order valence-corrected chi connectivity index (χ1v) is 7.38. The Balaban J connectivity index is 1.97. The highest BCUT2D eigenvalue weighted by Gasteiger charge is 2.41. The standard InChI is InChI=1S/C14H22F3N3O/c1-2-18-13(10-21)7-3-4-11(13)5-8-20-9-6-12(19-20)14(15,16)17/h6,9,11,18,21H,2-5,7-8,10H2,1H3. The van der Waals surface area contributed by atoms with E-state index in [9.17, 15) is 18.3 Å². The van der Waals surface area contributed by atoms with Gasteiger partial charge in [-0.1, -0.05) is 13.3 Å². The van der Waals surface area contributed by atoms with Crippen LogP contribution in [0.4, 0.5) is 13.2 Å². The van der Waals surface area contributed by atoms with Crippen LogP contribution in [0, 0.1) is 5.92 Å². The number of aryl methyl sites for hydroxylation is 1. The first-order chi connectivity index (χ1) is 9.91. The van der Waals surface area contributed by atoms with Crippen molar-refractivity contribution in [2.75, 3.05) is 13.2 Å². The Bertz CT molecular complexity index is 461. The molecule has 0 bridgehead atoms. The van der Waals surface area contributed by atoms with Crippen LogP contribution in [0.25, 0.3) is 0 Å². The molecule has 1 fully saturated rings. The van der Waals surface area contributed by atoms with Crippen LogP contribution < -0.4 is 5.32 Å². The van der Waals surface area contributed by atoms with Gasteiger partial charge in [0.05, 0.1) is 6.61 Å². The molecule has 1 aliphatic rings. The van der Waals surface area contributed by atoms with Crippen LogP contribution in [0.3, 0.4) is 0 Å². The molecule has 0 spiro atoms. The largest absolute Gasteiger partial charge is 0.435 e. The maximum atomic E-state index is 12.5. The van der Waals surface area contributed by atoms with Crippen molar-refractivity contribution in [3.63, 3.8) is 0 Å². The zero-order valence-corrected chi connectivity index (χ0v) is 12.2. The van der Waals surface area contributed by atoms with Crippen molar-refractivity contribution in [2.45, 2.75) is 50.9 Å². The van der Waals surface area contributed by atoms with E-state index < -0.39 is 11.9 Å². The quantitative estimate of drug-likeness (QED) is 0.849. The summed E-state index contributed by atoms with van der Waals surface area (Å²) in [6.45, 7) is 3.28. The van der Waals surface area contributed by atoms with E-state index in [1.165, 1.54) is 10.9 Å². The summed E-state index contributed by atoms with van der Waals surface area (Å²) in [5, 5.41) is 16.6. The van der Waals surface area contributed by atoms with E-state index in [0.29, 0.717) is 13.0 Å². The molecule has 2 rings (SSSR count). The molecule has 120 valence electrons. The van der Waals surface area contributed by atoms with Gasteiger partial charge in [0, 0.05) is 18.3 Å². The number of aliphatic hydroxyl groups is 1. The number of halogens is 3. The van der Waals surface area contributed by atoms with E-state index >= 15 is 0 Å². The molecule has 1 heterocycles. The summed E-state index contributed by atoms with van der Waals surface area (Å²) in [5.41, 5.74) is -1.14. The van der Waals surface area contributed by atoms with E-state index in [2.05, 4.69) is 10.4 Å². The number of aromatic nitrogens is 2. The van der Waals surface area contributed by atoms with Crippen LogP contribution in [-0.4, -0.2) is 33.6 Å². The number of aliphatic hydroxyl groups excluding tert-OH is 1. The highest BCUT2D eigenvalue weighted by Crippen LogP contribution is 2.38. The molecule has 1 aliphatic carbocycles. The summed E-state index contributed by atoms with van der Waals surface area (Å²) in [6, 6.07) is 0.998. The summed E-state index contributed by atoms with van der Waals surface area (Å²) in [6.07, 6.45) is 0.621. The molecule has 0 aliphatic heterocycles. The van der Waals surface area contributed by atoms with Crippen molar-refractivity contribution >= 4 is 0 Å². The lowest BCUT2D eigenvalue weighted by atomic mass is 9.85. The molecular weight excluding hydrogens is 283 g/mol. The number of likely N-dealkylation sites (N-methyl/N-ethyl adjacent to an activating group) is 1. The van der Waals surface area contributed by atoms with Gasteiger partial charge >= 0.3 is 6.18 Å². The number of rotatable bonds is 6. The Morgan fingerprint density at radius 2 is 2.29 bits per heavy atom. The van der Waals surface area contributed by atoms with Crippen molar-refractivity contribution in [1.82, 2.24) is 15.1 Å². The fraction of sp³-hybridized carbons (Fsp3) is 0.786. The lowest BCUT2D eigenvalue weighted by Crippen LogP contribution is -2.51. The first-order valence-electron chi connectivity index (χ1n) is 7.38. The summed E-state index contributed by atoms with van der Waals surface area (Å²) in [7, 11) is 0. The van der Waals surface area contributed by atoms with Crippen LogP contribution in [-0.2, 0) is 12.7 Å². The second-order valence-corrected chi connectivity index (χ2v) is 5.68. The van der Waals surface area contributed by atoms with Crippen LogP contribution in [0.2, 0.25) is 0 Å². The minimum absolute atomic E-state index is 0.0679. The Labute approximate surface area is 122 Å². The zero-order valence-electron chi connectivity index (χ0n) is 12.2. The van der Waals surface area contributed by atoms with Gasteiger partial charge in [0.15, 0.2) is 5.69 Å². The van der Waals surface area contributed by atoms with Gasteiger partial charge in [0.2, 0.25) is 0 Å². The Kier molecular flexibility index (Phi) is 4.93. The Hall–Kier alpha value is -1.08. The van der Waals surface area contributed by atoms with Gasteiger partial charge in [0.25, 0.3) is 0 Å². The molecule has 2 atom stereocenters. The molecule has 0 amide bonds. The molecule has 2 unspecified atom stereocenters. The van der Waals surface area contributed by atoms with Gasteiger partial charge in [-0.15, -0.1) is 0 Å². The average molecular weight is 305 g/mol. The first kappa shape index (κ1) is 16.3. The third-order valence-electron chi connectivity index (χ3n) is 4.41. The normalized spacial score (nSPS) is 26.4. The number of nitrogens with zero attached hydrogens (tertiary/aromatic N) is 2. The summed E-state index contributed by atoms with van der Waals surface area (Å²) < 4.78 is 38.8. The topological polar surface area (TPSA) is 50.1 Å². The second-order valence-electron chi connectivity index (χ2n) is 5.68. The Morgan fingerprint density at radius 3 is 2.86 bits per heavy atom. The van der Waals surface area contributed by atoms with Gasteiger partial charge in [-0.2, -0.15) is 18.3 Å². The van der Waals surface area contributed by atoms with Crippen LogP contribution >= 0.6 is 0 Å². The molecule has 0 saturated heterocycles. The minimum Gasteiger partial charge on any atom is -0.394 e. The number of alkyl halides is 3. The second kappa shape index (κ2) is 6.36. The zero-order chi connectivity index (χ0) is 15.5. The van der Waals surface area contributed by atoms with E-state index in [-0.39, 0.29) is 18.1 Å². The molecular formula is C14H22F3N3O. The van der Waals surface area contributed by atoms with E-state index in [1.807, 2.05) is 6.92 Å². The fourth-order valence-corrected chi connectivity index (χ4v) is 3.34. The van der Waals surface area contributed by atoms with Crippen LogP contribution in [0.15, 0.2) is 12.3 Å². The summed E-state index contributed by atoms with van der Waals surface area (Å²) >= 11 is 0. The number of nitrogens with one attached hydrogen (secondary N) is 1. The summed E-state index contributed by atoms with van der Waals surface area (Å²) in [4.78, 5) is 0. The maximum absolute atomic E-state index is 12.5. The highest BCUT2D eigenvalue weighted by atomic mass is 19.4. The van der Waals surface area contributed by atoms with Crippen LogP contribution in [0.1, 0.15) is 38.3 Å². The number of hydrogen-bond donors (Lipinski definition) is 2. The van der Waals surface area contributed by atoms with Gasteiger partial charge in [0.1, 0.15) is 0 Å². The average Bonchev–Trinajstić information content (AvgIpc) is 3.03. The molecule has 21 heavy (non-hydrogen) atoms. The third kappa shape index (κ3) is 3.58. The molecule has 1 aromatic heterocycles. The Morgan fingerprint density at radius 1 is 1.52 bits per heavy atom. The van der Waals surface area contributed by atoms with E-state index in [1.54, 1.807) is 0 Å². The van der Waals surface area contributed by atoms with Crippen molar-refractivity contribution in [3.8, 4) is 0 Å². The minimum atomic E-state index is -4.39. The maximum Gasteiger partial charge on any atom is 0.435 e. The molecule has 7 heteroatoms. The SMILES string of the molecule is CCNC1(CO)CCCC1CCn1ccc(C(F)(F)F)n1. The van der Waals surface area contributed by atoms with Gasteiger partial charge in [-0.3, -0.25) is 4.68 Å². The van der Waals surface area contributed by atoms with Gasteiger partial charge in [-0.05, 0) is 37.8 Å². The van der Waals surface area contributed by atoms with E-state index in [0.717, 1.165) is 31.9 Å². The molecule has 0 radical (unpaired) electrons. The molecule has 1 aromatic rings. The van der Waals surface area contributed by atoms with Crippen molar-refractivity contribution in [2.24, 2.45) is 5.92 Å². The van der Waals surface area contributed by atoms with Crippen molar-refractivity contribution in [1.29, 1.82) is 0 Å². The monoisotopic (exact) mass is 305 g/mol. The summed E-state index contributed by atoms with van der Waals surface area (Å²) in [5.74, 6) is 0.265. The predicted molar refractivity (Wildman–Crippen MR) is 72.7 cm³/mol. The highest BCUT2D eigenvalue weighted by molar-refractivity contribution is 5.03. The molecule has 1 saturated carbocycles. The molecule has 4 nitrogen and oxygen atoms in total.